The summed E-state index contributed by atoms with van der Waals surface area (Å²) in [5.41, 5.74) is -0.333. The molecule has 0 atom stereocenters. The monoisotopic (exact) mass is 338 g/mol. The summed E-state index contributed by atoms with van der Waals surface area (Å²) >= 11 is 5.77. The van der Waals surface area contributed by atoms with Crippen molar-refractivity contribution < 1.29 is 32.9 Å². The van der Waals surface area contributed by atoms with Crippen molar-refractivity contribution in [1.82, 2.24) is 0 Å². The van der Waals surface area contributed by atoms with Crippen LogP contribution in [0.25, 0.3) is 0 Å². The van der Waals surface area contributed by atoms with E-state index in [0.717, 1.165) is 12.1 Å². The molecular formula is C12H15ClO7S. The molecule has 9 heteroatoms. The van der Waals surface area contributed by atoms with Crippen LogP contribution in [0.15, 0.2) is 17.0 Å². The first-order chi connectivity index (χ1) is 9.83. The van der Waals surface area contributed by atoms with Crippen LogP contribution in [-0.4, -0.2) is 57.3 Å². The predicted octanol–water partition coefficient (Wildman–Crippen LogP) is 0.829. The number of ether oxygens (including phenoxy) is 2. The number of sulfone groups is 1. The van der Waals surface area contributed by atoms with Gasteiger partial charge in [0.05, 0.1) is 32.7 Å². The van der Waals surface area contributed by atoms with Crippen molar-refractivity contribution in [3.8, 4) is 5.75 Å². The molecule has 0 amide bonds. The molecule has 0 spiro atoms. The van der Waals surface area contributed by atoms with E-state index in [-0.39, 0.29) is 46.8 Å². The molecule has 0 aliphatic rings. The number of rotatable bonds is 8. The average molecular weight is 339 g/mol. The third-order valence-corrected chi connectivity index (χ3v) is 4.42. The van der Waals surface area contributed by atoms with Crippen molar-refractivity contribution >= 4 is 27.4 Å². The maximum absolute atomic E-state index is 12.2. The van der Waals surface area contributed by atoms with E-state index >= 15 is 0 Å². The van der Waals surface area contributed by atoms with E-state index in [0.29, 0.717) is 0 Å². The van der Waals surface area contributed by atoms with Crippen molar-refractivity contribution in [1.29, 1.82) is 0 Å². The van der Waals surface area contributed by atoms with Crippen LogP contribution in [0.5, 0.6) is 5.75 Å². The fourth-order valence-electron chi connectivity index (χ4n) is 1.61. The van der Waals surface area contributed by atoms with Gasteiger partial charge in [0, 0.05) is 5.02 Å². The van der Waals surface area contributed by atoms with E-state index in [1.807, 2.05) is 0 Å². The number of methoxy groups -OCH3 is 1. The molecule has 118 valence electrons. The minimum Gasteiger partial charge on any atom is -0.494 e. The summed E-state index contributed by atoms with van der Waals surface area (Å²) in [7, 11) is -2.66. The van der Waals surface area contributed by atoms with Crippen LogP contribution in [-0.2, 0) is 14.6 Å². The average Bonchev–Trinajstić information content (AvgIpc) is 2.42. The quantitative estimate of drug-likeness (QED) is 0.675. The van der Waals surface area contributed by atoms with Crippen LogP contribution >= 0.6 is 11.6 Å². The second kappa shape index (κ2) is 7.60. The Kier molecular flexibility index (Phi) is 6.41. The highest BCUT2D eigenvalue weighted by Gasteiger charge is 2.25. The zero-order valence-electron chi connectivity index (χ0n) is 11.2. The second-order valence-electron chi connectivity index (χ2n) is 3.94. The Morgan fingerprint density at radius 1 is 1.33 bits per heavy atom. The number of carbonyl (C=O) groups is 1. The second-order valence-corrected chi connectivity index (χ2v) is 6.46. The summed E-state index contributed by atoms with van der Waals surface area (Å²) in [6.07, 6.45) is 0. The Labute approximate surface area is 127 Å². The Morgan fingerprint density at radius 3 is 2.52 bits per heavy atom. The minimum atomic E-state index is -3.84. The predicted molar refractivity (Wildman–Crippen MR) is 74.9 cm³/mol. The maximum Gasteiger partial charge on any atom is 0.339 e. The first-order valence-corrected chi connectivity index (χ1v) is 7.88. The summed E-state index contributed by atoms with van der Waals surface area (Å²) in [5, 5.41) is 17.6. The van der Waals surface area contributed by atoms with Crippen LogP contribution in [0.2, 0.25) is 5.02 Å². The zero-order chi connectivity index (χ0) is 16.0. The standard InChI is InChI=1S/C12H15ClO7S/c1-19-11-9(12(15)16)6-8(13)7-10(11)21(17,18)5-4-20-3-2-14/h6-7,14H,2-5H2,1H3,(H,15,16). The molecule has 0 unspecified atom stereocenters. The summed E-state index contributed by atoms with van der Waals surface area (Å²) in [5.74, 6) is -2.00. The number of carboxylic acids is 1. The van der Waals surface area contributed by atoms with E-state index in [1.165, 1.54) is 7.11 Å². The van der Waals surface area contributed by atoms with Crippen LogP contribution in [0.1, 0.15) is 10.4 Å². The highest BCUT2D eigenvalue weighted by molar-refractivity contribution is 7.91. The topological polar surface area (TPSA) is 110 Å². The van der Waals surface area contributed by atoms with E-state index in [2.05, 4.69) is 0 Å². The molecule has 0 saturated heterocycles. The molecule has 0 heterocycles. The highest BCUT2D eigenvalue weighted by Crippen LogP contribution is 2.32. The van der Waals surface area contributed by atoms with Gasteiger partial charge >= 0.3 is 5.97 Å². The van der Waals surface area contributed by atoms with Crippen molar-refractivity contribution in [2.45, 2.75) is 4.90 Å². The van der Waals surface area contributed by atoms with Gasteiger partial charge in [0.2, 0.25) is 0 Å². The lowest BCUT2D eigenvalue weighted by molar-refractivity contribution is 0.0693. The Balaban J connectivity index is 3.19. The van der Waals surface area contributed by atoms with Crippen molar-refractivity contribution in [3.63, 3.8) is 0 Å². The zero-order valence-corrected chi connectivity index (χ0v) is 12.8. The largest absolute Gasteiger partial charge is 0.494 e. The number of hydrogen-bond acceptors (Lipinski definition) is 6. The molecule has 0 radical (unpaired) electrons. The van der Waals surface area contributed by atoms with E-state index in [9.17, 15) is 13.2 Å². The van der Waals surface area contributed by atoms with Gasteiger partial charge in [-0.25, -0.2) is 13.2 Å². The van der Waals surface area contributed by atoms with Crippen molar-refractivity contribution in [2.24, 2.45) is 0 Å². The molecule has 0 aliphatic heterocycles. The van der Waals surface area contributed by atoms with Crippen LogP contribution in [0.3, 0.4) is 0 Å². The Morgan fingerprint density at radius 2 is 2.00 bits per heavy atom. The summed E-state index contributed by atoms with van der Waals surface area (Å²) < 4.78 is 34.3. The first-order valence-electron chi connectivity index (χ1n) is 5.85. The number of aliphatic hydroxyl groups is 1. The lowest BCUT2D eigenvalue weighted by atomic mass is 10.2. The van der Waals surface area contributed by atoms with Gasteiger partial charge in [-0.2, -0.15) is 0 Å². The number of aliphatic hydroxyl groups excluding tert-OH is 1. The molecule has 0 aromatic heterocycles. The molecule has 2 N–H and O–H groups in total. The molecule has 7 nitrogen and oxygen atoms in total. The first kappa shape index (κ1) is 17.7. The molecule has 1 aromatic carbocycles. The number of benzene rings is 1. The molecule has 21 heavy (non-hydrogen) atoms. The van der Waals surface area contributed by atoms with Gasteiger partial charge < -0.3 is 19.7 Å². The molecule has 1 rings (SSSR count). The summed E-state index contributed by atoms with van der Waals surface area (Å²) in [6, 6.07) is 2.25. The van der Waals surface area contributed by atoms with Crippen LogP contribution in [0.4, 0.5) is 0 Å². The molecule has 0 saturated carbocycles. The Hall–Kier alpha value is -1.35. The van der Waals surface area contributed by atoms with Crippen molar-refractivity contribution in [3.05, 3.63) is 22.7 Å². The van der Waals surface area contributed by atoms with E-state index in [4.69, 9.17) is 31.3 Å². The van der Waals surface area contributed by atoms with Crippen LogP contribution in [0, 0.1) is 0 Å². The smallest absolute Gasteiger partial charge is 0.339 e. The number of carboxylic acid groups (broad SMARTS) is 1. The lowest BCUT2D eigenvalue weighted by Gasteiger charge is -2.13. The van der Waals surface area contributed by atoms with Gasteiger partial charge in [0.15, 0.2) is 15.6 Å². The SMILES string of the molecule is COc1c(C(=O)O)cc(Cl)cc1S(=O)(=O)CCOCCO. The molecular weight excluding hydrogens is 324 g/mol. The molecule has 0 fully saturated rings. The van der Waals surface area contributed by atoms with E-state index < -0.39 is 15.8 Å². The van der Waals surface area contributed by atoms with Gasteiger partial charge in [0.25, 0.3) is 0 Å². The highest BCUT2D eigenvalue weighted by atomic mass is 35.5. The molecule has 0 aliphatic carbocycles. The van der Waals surface area contributed by atoms with Crippen molar-refractivity contribution in [2.75, 3.05) is 32.7 Å². The van der Waals surface area contributed by atoms with Gasteiger partial charge in [-0.15, -0.1) is 0 Å². The minimum absolute atomic E-state index is 0.0164. The van der Waals surface area contributed by atoms with E-state index in [1.54, 1.807) is 0 Å². The van der Waals surface area contributed by atoms with Gasteiger partial charge in [-0.1, -0.05) is 11.6 Å². The normalized spacial score (nSPS) is 11.4. The summed E-state index contributed by atoms with van der Waals surface area (Å²) in [4.78, 5) is 10.8. The molecule has 1 aromatic rings. The van der Waals surface area contributed by atoms with Gasteiger partial charge in [-0.05, 0) is 12.1 Å². The number of hydrogen-bond donors (Lipinski definition) is 2. The number of aromatic carboxylic acids is 1. The summed E-state index contributed by atoms with van der Waals surface area (Å²) in [6.45, 7) is -0.340. The fraction of sp³-hybridized carbons (Fsp3) is 0.417. The molecule has 0 bridgehead atoms. The lowest BCUT2D eigenvalue weighted by Crippen LogP contribution is -2.16. The maximum atomic E-state index is 12.2. The van der Waals surface area contributed by atoms with Crippen LogP contribution < -0.4 is 4.74 Å². The fourth-order valence-corrected chi connectivity index (χ4v) is 3.24. The van der Waals surface area contributed by atoms with Gasteiger partial charge in [-0.3, -0.25) is 0 Å². The third kappa shape index (κ3) is 4.57. The Bertz CT molecular complexity index is 612. The van der Waals surface area contributed by atoms with Gasteiger partial charge in [0.1, 0.15) is 10.5 Å². The third-order valence-electron chi connectivity index (χ3n) is 2.52. The number of halogens is 1.